The van der Waals surface area contributed by atoms with Gasteiger partial charge in [0.05, 0.1) is 4.87 Å². The third-order valence-electron chi connectivity index (χ3n) is 3.81. The fraction of sp³-hybridized carbons (Fsp3) is 0.250. The van der Waals surface area contributed by atoms with Crippen molar-refractivity contribution in [2.45, 2.75) is 25.6 Å². The summed E-state index contributed by atoms with van der Waals surface area (Å²) in [6.45, 7) is 6.26. The number of benzene rings is 1. The van der Waals surface area contributed by atoms with Crippen LogP contribution in [-0.2, 0) is 0 Å². The highest BCUT2D eigenvalue weighted by atomic mass is 35.5. The van der Waals surface area contributed by atoms with Crippen molar-refractivity contribution in [1.29, 1.82) is 0 Å². The molecule has 2 aliphatic carbocycles. The third kappa shape index (κ3) is 1.44. The van der Waals surface area contributed by atoms with E-state index in [0.717, 1.165) is 5.57 Å². The van der Waals surface area contributed by atoms with Crippen LogP contribution in [0.1, 0.15) is 20.8 Å². The molecular formula is C16H14Cl. The van der Waals surface area contributed by atoms with Crippen LogP contribution in [0.5, 0.6) is 0 Å². The molecule has 0 amide bonds. The molecule has 0 nitrogen and oxygen atoms in total. The quantitative estimate of drug-likeness (QED) is 0.613. The van der Waals surface area contributed by atoms with E-state index in [9.17, 15) is 0 Å². The van der Waals surface area contributed by atoms with Crippen LogP contribution in [-0.4, -0.2) is 4.87 Å². The van der Waals surface area contributed by atoms with E-state index < -0.39 is 4.87 Å². The summed E-state index contributed by atoms with van der Waals surface area (Å²) in [6, 6.07) is 8.46. The molecule has 1 atom stereocenters. The van der Waals surface area contributed by atoms with Crippen molar-refractivity contribution >= 4 is 23.3 Å². The van der Waals surface area contributed by atoms with E-state index in [4.69, 9.17) is 11.6 Å². The molecule has 1 aromatic rings. The highest BCUT2D eigenvalue weighted by molar-refractivity contribution is 6.27. The topological polar surface area (TPSA) is 0 Å². The van der Waals surface area contributed by atoms with Gasteiger partial charge < -0.3 is 0 Å². The number of alkyl halides is 1. The van der Waals surface area contributed by atoms with Gasteiger partial charge in [0.1, 0.15) is 0 Å². The van der Waals surface area contributed by atoms with Crippen LogP contribution in [0.15, 0.2) is 41.0 Å². The first-order valence-electron chi connectivity index (χ1n) is 5.84. The molecule has 0 saturated heterocycles. The second kappa shape index (κ2) is 3.36. The molecule has 1 radical (unpaired) electrons. The third-order valence-corrected chi connectivity index (χ3v) is 4.19. The number of hydrogen-bond donors (Lipinski definition) is 0. The molecule has 3 rings (SSSR count). The van der Waals surface area contributed by atoms with Gasteiger partial charge >= 0.3 is 0 Å². The van der Waals surface area contributed by atoms with Gasteiger partial charge in [-0.1, -0.05) is 24.3 Å². The lowest BCUT2D eigenvalue weighted by Gasteiger charge is -2.28. The van der Waals surface area contributed by atoms with E-state index in [1.165, 1.54) is 27.2 Å². The smallest absolute Gasteiger partial charge is 0.0888 e. The van der Waals surface area contributed by atoms with Gasteiger partial charge in [-0.2, -0.15) is 0 Å². The minimum absolute atomic E-state index is 0.471. The van der Waals surface area contributed by atoms with Gasteiger partial charge in [-0.15, -0.1) is 11.6 Å². The number of rotatable bonds is 0. The molecule has 0 saturated carbocycles. The molecular weight excluding hydrogens is 228 g/mol. The molecule has 85 valence electrons. The average molecular weight is 242 g/mol. The first-order chi connectivity index (χ1) is 8.00. The van der Waals surface area contributed by atoms with Crippen LogP contribution >= 0.6 is 11.6 Å². The van der Waals surface area contributed by atoms with Crippen molar-refractivity contribution < 1.29 is 0 Å². The zero-order chi connectivity index (χ0) is 12.2. The minimum atomic E-state index is -0.471. The molecule has 0 N–H and O–H groups in total. The molecule has 0 heterocycles. The molecule has 1 heteroatoms. The van der Waals surface area contributed by atoms with E-state index in [-0.39, 0.29) is 0 Å². The van der Waals surface area contributed by atoms with Crippen LogP contribution in [0.25, 0.3) is 11.6 Å². The summed E-state index contributed by atoms with van der Waals surface area (Å²) < 4.78 is 0. The van der Waals surface area contributed by atoms with E-state index in [1.54, 1.807) is 0 Å². The van der Waals surface area contributed by atoms with Gasteiger partial charge in [-0.3, -0.25) is 0 Å². The van der Waals surface area contributed by atoms with Gasteiger partial charge in [0.25, 0.3) is 0 Å². The highest BCUT2D eigenvalue weighted by Gasteiger charge is 2.31. The van der Waals surface area contributed by atoms with E-state index in [2.05, 4.69) is 50.3 Å². The first-order valence-corrected chi connectivity index (χ1v) is 6.22. The maximum absolute atomic E-state index is 6.50. The molecule has 1 aromatic carbocycles. The summed E-state index contributed by atoms with van der Waals surface area (Å²) >= 11 is 6.50. The van der Waals surface area contributed by atoms with Crippen LogP contribution in [0.3, 0.4) is 0 Å². The maximum atomic E-state index is 6.50. The summed E-state index contributed by atoms with van der Waals surface area (Å²) in [6.07, 6.45) is 5.60. The Morgan fingerprint density at radius 3 is 2.65 bits per heavy atom. The van der Waals surface area contributed by atoms with Crippen molar-refractivity contribution in [1.82, 2.24) is 0 Å². The number of hydrogen-bond acceptors (Lipinski definition) is 0. The SMILES string of the molecule is CC1=C(C)C(C)(Cl)[C]=C2C=c3ccccc3=C21. The van der Waals surface area contributed by atoms with Gasteiger partial charge in [-0.05, 0) is 65.7 Å². The summed E-state index contributed by atoms with van der Waals surface area (Å²) in [5, 5.41) is 2.57. The maximum Gasteiger partial charge on any atom is 0.0888 e. The lowest BCUT2D eigenvalue weighted by atomic mass is 9.83. The Labute approximate surface area is 107 Å². The summed E-state index contributed by atoms with van der Waals surface area (Å²) in [4.78, 5) is -0.471. The van der Waals surface area contributed by atoms with E-state index in [1.807, 2.05) is 6.92 Å². The molecule has 0 fully saturated rings. The van der Waals surface area contributed by atoms with Crippen LogP contribution in [0, 0.1) is 6.08 Å². The summed E-state index contributed by atoms with van der Waals surface area (Å²) in [5.74, 6) is 0. The fourth-order valence-electron chi connectivity index (χ4n) is 2.61. The lowest BCUT2D eigenvalue weighted by molar-refractivity contribution is 0.859. The Bertz CT molecular complexity index is 684. The molecule has 0 aliphatic heterocycles. The van der Waals surface area contributed by atoms with Gasteiger partial charge in [0.15, 0.2) is 0 Å². The summed E-state index contributed by atoms with van der Waals surface area (Å²) in [5.41, 5.74) is 4.93. The van der Waals surface area contributed by atoms with E-state index in [0.29, 0.717) is 0 Å². The molecule has 0 bridgehead atoms. The Hall–Kier alpha value is -1.27. The largest absolute Gasteiger partial charge is 0.109 e. The van der Waals surface area contributed by atoms with Crippen LogP contribution in [0.2, 0.25) is 0 Å². The van der Waals surface area contributed by atoms with Crippen molar-refractivity contribution in [3.05, 3.63) is 57.5 Å². The van der Waals surface area contributed by atoms with Crippen molar-refractivity contribution in [3.8, 4) is 0 Å². The zero-order valence-corrected chi connectivity index (χ0v) is 11.0. The second-order valence-electron chi connectivity index (χ2n) is 4.90. The fourth-order valence-corrected chi connectivity index (χ4v) is 2.86. The zero-order valence-electron chi connectivity index (χ0n) is 10.3. The highest BCUT2D eigenvalue weighted by Crippen LogP contribution is 2.40. The Kier molecular flexibility index (Phi) is 2.15. The van der Waals surface area contributed by atoms with Crippen molar-refractivity contribution in [3.63, 3.8) is 0 Å². The molecule has 2 aliphatic rings. The predicted octanol–water partition coefficient (Wildman–Crippen LogP) is 2.71. The minimum Gasteiger partial charge on any atom is -0.109 e. The molecule has 1 unspecified atom stereocenters. The van der Waals surface area contributed by atoms with Gasteiger partial charge in [0.2, 0.25) is 0 Å². The van der Waals surface area contributed by atoms with Crippen molar-refractivity contribution in [2.24, 2.45) is 0 Å². The number of allylic oxidation sites excluding steroid dienone is 4. The number of halogens is 1. The molecule has 0 aromatic heterocycles. The first kappa shape index (κ1) is 10.9. The van der Waals surface area contributed by atoms with Crippen LogP contribution in [0.4, 0.5) is 0 Å². The Balaban J connectivity index is 2.44. The Morgan fingerprint density at radius 1 is 1.18 bits per heavy atom. The van der Waals surface area contributed by atoms with Crippen LogP contribution < -0.4 is 10.4 Å². The van der Waals surface area contributed by atoms with Crippen molar-refractivity contribution in [2.75, 3.05) is 0 Å². The lowest BCUT2D eigenvalue weighted by Crippen LogP contribution is -2.25. The number of fused-ring (bicyclic) bond motifs is 2. The van der Waals surface area contributed by atoms with Gasteiger partial charge in [0, 0.05) is 0 Å². The average Bonchev–Trinajstić information content (AvgIpc) is 2.63. The monoisotopic (exact) mass is 241 g/mol. The molecule has 17 heavy (non-hydrogen) atoms. The Morgan fingerprint density at radius 2 is 1.88 bits per heavy atom. The normalized spacial score (nSPS) is 26.4. The molecule has 0 spiro atoms. The second-order valence-corrected chi connectivity index (χ2v) is 5.65. The standard InChI is InChI=1S/C16H14Cl/c1-10-11(2)16(3,17)9-13-8-12-6-4-5-7-14(12)15(10)13/h4-8H,1-3H3. The summed E-state index contributed by atoms with van der Waals surface area (Å²) in [7, 11) is 0. The van der Waals surface area contributed by atoms with E-state index >= 15 is 0 Å². The predicted molar refractivity (Wildman–Crippen MR) is 73.0 cm³/mol. The van der Waals surface area contributed by atoms with Gasteiger partial charge in [-0.25, -0.2) is 0 Å².